The summed E-state index contributed by atoms with van der Waals surface area (Å²) in [6.45, 7) is 8.60. The first kappa shape index (κ1) is 22.0. The number of hydrazone groups is 1. The maximum atomic E-state index is 5.48. The second kappa shape index (κ2) is 9.56. The van der Waals surface area contributed by atoms with E-state index in [9.17, 15) is 0 Å². The zero-order chi connectivity index (χ0) is 23.5. The van der Waals surface area contributed by atoms with Crippen molar-refractivity contribution in [3.63, 3.8) is 0 Å². The molecule has 0 saturated carbocycles. The van der Waals surface area contributed by atoms with Crippen molar-refractivity contribution in [2.75, 3.05) is 23.0 Å². The molecule has 0 spiro atoms. The number of para-hydroxylation sites is 1. The van der Waals surface area contributed by atoms with Gasteiger partial charge in [-0.25, -0.2) is 9.99 Å². The van der Waals surface area contributed by atoms with Crippen LogP contribution in [-0.4, -0.2) is 23.8 Å². The van der Waals surface area contributed by atoms with Gasteiger partial charge in [-0.1, -0.05) is 37.3 Å². The molecular formula is C29H30N4O. The van der Waals surface area contributed by atoms with Crippen LogP contribution in [0.15, 0.2) is 94.7 Å². The fourth-order valence-corrected chi connectivity index (χ4v) is 4.67. The van der Waals surface area contributed by atoms with Gasteiger partial charge in [0.2, 0.25) is 0 Å². The summed E-state index contributed by atoms with van der Waals surface area (Å²) in [5, 5.41) is 8.24. The summed E-state index contributed by atoms with van der Waals surface area (Å²) in [6, 6.07) is 25.2. The van der Waals surface area contributed by atoms with E-state index in [1.54, 1.807) is 6.26 Å². The van der Waals surface area contributed by atoms with E-state index in [0.29, 0.717) is 0 Å². The Morgan fingerprint density at radius 2 is 1.71 bits per heavy atom. The molecule has 0 fully saturated rings. The Labute approximate surface area is 201 Å². The fourth-order valence-electron chi connectivity index (χ4n) is 4.67. The number of allylic oxidation sites excluding steroid dienone is 1. The number of nitrogens with zero attached hydrogens (tertiary/aromatic N) is 4. The first-order valence-corrected chi connectivity index (χ1v) is 12.0. The average molecular weight is 451 g/mol. The third-order valence-corrected chi connectivity index (χ3v) is 6.57. The number of aromatic nitrogens is 1. The smallest absolute Gasteiger partial charge is 0.150 e. The van der Waals surface area contributed by atoms with E-state index in [1.807, 2.05) is 36.4 Å². The molecule has 5 heteroatoms. The Morgan fingerprint density at radius 3 is 2.44 bits per heavy atom. The molecule has 3 heterocycles. The third kappa shape index (κ3) is 4.21. The number of anilines is 2. The molecule has 0 bridgehead atoms. The molecule has 0 radical (unpaired) electrons. The molecule has 2 unspecified atom stereocenters. The highest BCUT2D eigenvalue weighted by atomic mass is 16.3. The minimum absolute atomic E-state index is 0.0515. The molecule has 0 N–H and O–H groups in total. The van der Waals surface area contributed by atoms with E-state index in [2.05, 4.69) is 79.2 Å². The lowest BCUT2D eigenvalue weighted by atomic mass is 9.91. The molecule has 4 aromatic rings. The number of hydrogen-bond donors (Lipinski definition) is 0. The van der Waals surface area contributed by atoms with Gasteiger partial charge in [0.25, 0.3) is 0 Å². The molecule has 172 valence electrons. The van der Waals surface area contributed by atoms with E-state index in [4.69, 9.17) is 14.5 Å². The number of fused-ring (bicyclic) bond motifs is 1. The molecular weight excluding hydrogens is 420 g/mol. The Balaban J connectivity index is 1.53. The zero-order valence-electron chi connectivity index (χ0n) is 19.9. The lowest BCUT2D eigenvalue weighted by Gasteiger charge is -2.27. The molecule has 1 aliphatic heterocycles. The van der Waals surface area contributed by atoms with Crippen LogP contribution in [-0.2, 0) is 0 Å². The summed E-state index contributed by atoms with van der Waals surface area (Å²) in [4.78, 5) is 7.31. The SMILES string of the molecule is CCN(CC)c1ccc(C2C(C)C(C=Cc3ccco3)=NN2c2ccc3ccccc3n2)cc1. The van der Waals surface area contributed by atoms with Crippen LogP contribution in [0.3, 0.4) is 0 Å². The van der Waals surface area contributed by atoms with Gasteiger partial charge in [-0.3, -0.25) is 0 Å². The van der Waals surface area contributed by atoms with Gasteiger partial charge in [0.15, 0.2) is 0 Å². The van der Waals surface area contributed by atoms with Crippen LogP contribution in [0.1, 0.15) is 38.1 Å². The highest BCUT2D eigenvalue weighted by molar-refractivity contribution is 6.02. The van der Waals surface area contributed by atoms with Crippen molar-refractivity contribution in [3.05, 3.63) is 96.5 Å². The predicted molar refractivity (Wildman–Crippen MR) is 141 cm³/mol. The van der Waals surface area contributed by atoms with E-state index in [1.165, 1.54) is 11.3 Å². The molecule has 0 amide bonds. The Hall–Kier alpha value is -3.86. The van der Waals surface area contributed by atoms with E-state index < -0.39 is 0 Å². The molecule has 0 saturated heterocycles. The van der Waals surface area contributed by atoms with Crippen molar-refractivity contribution in [2.24, 2.45) is 11.0 Å². The minimum atomic E-state index is 0.0515. The van der Waals surface area contributed by atoms with Gasteiger partial charge in [0, 0.05) is 30.1 Å². The van der Waals surface area contributed by atoms with Crippen LogP contribution in [0.5, 0.6) is 0 Å². The van der Waals surface area contributed by atoms with Crippen LogP contribution in [0.4, 0.5) is 11.5 Å². The zero-order valence-corrected chi connectivity index (χ0v) is 19.9. The molecule has 1 aliphatic rings. The number of pyridine rings is 1. The largest absolute Gasteiger partial charge is 0.465 e. The first-order valence-electron chi connectivity index (χ1n) is 12.0. The van der Waals surface area contributed by atoms with Crippen molar-refractivity contribution in [1.82, 2.24) is 4.98 Å². The van der Waals surface area contributed by atoms with E-state index >= 15 is 0 Å². The maximum Gasteiger partial charge on any atom is 0.150 e. The van der Waals surface area contributed by atoms with Crippen molar-refractivity contribution < 1.29 is 4.42 Å². The van der Waals surface area contributed by atoms with Gasteiger partial charge >= 0.3 is 0 Å². The van der Waals surface area contributed by atoms with Gasteiger partial charge in [-0.2, -0.15) is 5.10 Å². The number of furan rings is 1. The van der Waals surface area contributed by atoms with Crippen molar-refractivity contribution in [2.45, 2.75) is 26.8 Å². The molecule has 5 nitrogen and oxygen atoms in total. The monoisotopic (exact) mass is 450 g/mol. The fraction of sp³-hybridized carbons (Fsp3) is 0.241. The van der Waals surface area contributed by atoms with Gasteiger partial charge in [-0.15, -0.1) is 0 Å². The number of rotatable bonds is 7. The Kier molecular flexibility index (Phi) is 6.17. The summed E-state index contributed by atoms with van der Waals surface area (Å²) in [5.74, 6) is 1.85. The van der Waals surface area contributed by atoms with Crippen LogP contribution in [0.25, 0.3) is 17.0 Å². The molecule has 34 heavy (non-hydrogen) atoms. The summed E-state index contributed by atoms with van der Waals surface area (Å²) in [6.07, 6.45) is 5.72. The predicted octanol–water partition coefficient (Wildman–Crippen LogP) is 6.94. The Bertz CT molecular complexity index is 1300. The van der Waals surface area contributed by atoms with Gasteiger partial charge in [0.05, 0.1) is 23.5 Å². The van der Waals surface area contributed by atoms with Crippen LogP contribution >= 0.6 is 0 Å². The summed E-state index contributed by atoms with van der Waals surface area (Å²) < 4.78 is 5.48. The van der Waals surface area contributed by atoms with Gasteiger partial charge in [0.1, 0.15) is 11.6 Å². The normalized spacial score (nSPS) is 18.1. The van der Waals surface area contributed by atoms with Crippen molar-refractivity contribution >= 4 is 34.2 Å². The lowest BCUT2D eigenvalue weighted by molar-refractivity contribution is 0.557. The van der Waals surface area contributed by atoms with Crippen LogP contribution in [0.2, 0.25) is 0 Å². The van der Waals surface area contributed by atoms with Crippen molar-refractivity contribution in [1.29, 1.82) is 0 Å². The maximum absolute atomic E-state index is 5.48. The Morgan fingerprint density at radius 1 is 0.912 bits per heavy atom. The van der Waals surface area contributed by atoms with E-state index in [-0.39, 0.29) is 12.0 Å². The topological polar surface area (TPSA) is 44.9 Å². The highest BCUT2D eigenvalue weighted by Crippen LogP contribution is 2.39. The summed E-state index contributed by atoms with van der Waals surface area (Å²) >= 11 is 0. The second-order valence-corrected chi connectivity index (χ2v) is 8.58. The standard InChI is InChI=1S/C29H30N4O/c1-4-32(5-2)24-15-12-23(13-16-24)29-21(3)26(18-17-25-10-8-20-34-25)31-33(29)28-19-14-22-9-6-7-11-27(22)30-28/h6-21,29H,4-5H2,1-3H3. The number of hydrogen-bond acceptors (Lipinski definition) is 5. The van der Waals surface area contributed by atoms with Gasteiger partial charge in [-0.05, 0) is 74.0 Å². The van der Waals surface area contributed by atoms with Crippen LogP contribution < -0.4 is 9.91 Å². The average Bonchev–Trinajstić information content (AvgIpc) is 3.51. The van der Waals surface area contributed by atoms with Crippen LogP contribution in [0, 0.1) is 5.92 Å². The molecule has 5 rings (SSSR count). The second-order valence-electron chi connectivity index (χ2n) is 8.58. The summed E-state index contributed by atoms with van der Waals surface area (Å²) in [7, 11) is 0. The first-order chi connectivity index (χ1) is 16.7. The molecule has 2 atom stereocenters. The summed E-state index contributed by atoms with van der Waals surface area (Å²) in [5.41, 5.74) is 4.44. The quantitative estimate of drug-likeness (QED) is 0.306. The van der Waals surface area contributed by atoms with E-state index in [0.717, 1.165) is 41.3 Å². The molecule has 2 aromatic heterocycles. The highest BCUT2D eigenvalue weighted by Gasteiger charge is 2.36. The number of benzene rings is 2. The lowest BCUT2D eigenvalue weighted by Crippen LogP contribution is -2.25. The van der Waals surface area contributed by atoms with Crippen molar-refractivity contribution in [3.8, 4) is 0 Å². The van der Waals surface area contributed by atoms with Gasteiger partial charge < -0.3 is 9.32 Å². The third-order valence-electron chi connectivity index (χ3n) is 6.57. The molecule has 0 aliphatic carbocycles. The molecule has 2 aromatic carbocycles. The minimum Gasteiger partial charge on any atom is -0.465 e.